The number of methoxy groups -OCH3 is 2. The minimum absolute atomic E-state index is 0.112. The molecule has 4 rings (SSSR count). The minimum atomic E-state index is -0.414. The molecule has 0 unspecified atom stereocenters. The van der Waals surface area contributed by atoms with Gasteiger partial charge in [0.25, 0.3) is 0 Å². The molecule has 1 amide bonds. The number of hydrogen-bond donors (Lipinski definition) is 0. The zero-order valence-electron chi connectivity index (χ0n) is 18.4. The van der Waals surface area contributed by atoms with Crippen LogP contribution in [0.5, 0.6) is 11.5 Å². The van der Waals surface area contributed by atoms with Crippen molar-refractivity contribution in [3.8, 4) is 16.5 Å². The van der Waals surface area contributed by atoms with Crippen LogP contribution >= 0.6 is 11.3 Å². The molecule has 1 aliphatic rings. The number of ether oxygens (including phenoxy) is 2. The largest absolute Gasteiger partial charge is 0.493 e. The van der Waals surface area contributed by atoms with Crippen molar-refractivity contribution in [1.29, 1.82) is 0 Å². The second-order valence-corrected chi connectivity index (χ2v) is 8.50. The maximum absolute atomic E-state index is 12.7. The maximum Gasteiger partial charge on any atom is 0.369 e. The van der Waals surface area contributed by atoms with E-state index < -0.39 is 5.69 Å². The summed E-state index contributed by atoms with van der Waals surface area (Å²) in [5, 5.41) is 10.3. The molecule has 3 heterocycles. The molecule has 0 bridgehead atoms. The molecule has 0 aliphatic carbocycles. The highest BCUT2D eigenvalue weighted by atomic mass is 32.1. The van der Waals surface area contributed by atoms with E-state index in [1.165, 1.54) is 21.6 Å². The standard InChI is InChI=1S/C21H26N6O4S/c1-15-11-17(30-2)18(31-3)12-16(15)13-24-6-8-25(9-7-24)19(28)14-26-21(29)27(23-22-26)20-5-4-10-32-20/h4-5,10-12H,6-9,13-14H2,1-3H3. The lowest BCUT2D eigenvalue weighted by molar-refractivity contribution is -0.133. The van der Waals surface area contributed by atoms with Gasteiger partial charge in [-0.25, -0.2) is 4.79 Å². The third-order valence-corrected chi connectivity index (χ3v) is 6.44. The highest BCUT2D eigenvalue weighted by Gasteiger charge is 2.23. The van der Waals surface area contributed by atoms with Crippen molar-refractivity contribution >= 4 is 17.2 Å². The van der Waals surface area contributed by atoms with E-state index in [4.69, 9.17) is 9.47 Å². The monoisotopic (exact) mass is 458 g/mol. The molecule has 1 fully saturated rings. The summed E-state index contributed by atoms with van der Waals surface area (Å²) in [6, 6.07) is 7.61. The van der Waals surface area contributed by atoms with Crippen LogP contribution in [0.2, 0.25) is 0 Å². The Hall–Kier alpha value is -3.18. The van der Waals surface area contributed by atoms with E-state index in [-0.39, 0.29) is 12.5 Å². The van der Waals surface area contributed by atoms with Crippen molar-refractivity contribution in [2.45, 2.75) is 20.0 Å². The molecular weight excluding hydrogens is 432 g/mol. The topological polar surface area (TPSA) is 94.7 Å². The molecule has 0 spiro atoms. The van der Waals surface area contributed by atoms with Gasteiger partial charge in [-0.1, -0.05) is 0 Å². The van der Waals surface area contributed by atoms with Gasteiger partial charge in [0.1, 0.15) is 11.5 Å². The van der Waals surface area contributed by atoms with Crippen molar-refractivity contribution < 1.29 is 14.3 Å². The Bertz CT molecular complexity index is 1130. The Morgan fingerprint density at radius 3 is 2.47 bits per heavy atom. The minimum Gasteiger partial charge on any atom is -0.493 e. The van der Waals surface area contributed by atoms with Gasteiger partial charge in [0, 0.05) is 32.7 Å². The molecule has 11 heteroatoms. The third-order valence-electron chi connectivity index (χ3n) is 5.60. The van der Waals surface area contributed by atoms with Crippen LogP contribution in [0.25, 0.3) is 5.00 Å². The molecule has 2 aromatic heterocycles. The van der Waals surface area contributed by atoms with Crippen LogP contribution in [0, 0.1) is 6.92 Å². The first-order chi connectivity index (χ1) is 15.5. The zero-order chi connectivity index (χ0) is 22.7. The first kappa shape index (κ1) is 22.0. The van der Waals surface area contributed by atoms with Crippen LogP contribution in [-0.4, -0.2) is 75.9 Å². The number of piperazine rings is 1. The fraction of sp³-hybridized carbons (Fsp3) is 0.429. The summed E-state index contributed by atoms with van der Waals surface area (Å²) in [6.07, 6.45) is 0. The van der Waals surface area contributed by atoms with Crippen molar-refractivity contribution in [2.75, 3.05) is 40.4 Å². The van der Waals surface area contributed by atoms with Gasteiger partial charge < -0.3 is 14.4 Å². The fourth-order valence-electron chi connectivity index (χ4n) is 3.72. The van der Waals surface area contributed by atoms with Crippen LogP contribution in [0.1, 0.15) is 11.1 Å². The van der Waals surface area contributed by atoms with E-state index in [1.54, 1.807) is 25.2 Å². The van der Waals surface area contributed by atoms with Gasteiger partial charge in [0.2, 0.25) is 5.91 Å². The molecule has 10 nitrogen and oxygen atoms in total. The highest BCUT2D eigenvalue weighted by molar-refractivity contribution is 7.12. The summed E-state index contributed by atoms with van der Waals surface area (Å²) in [4.78, 5) is 29.3. The summed E-state index contributed by atoms with van der Waals surface area (Å²) in [6.45, 7) is 5.39. The smallest absolute Gasteiger partial charge is 0.369 e. The molecule has 0 radical (unpaired) electrons. The molecule has 170 valence electrons. The molecular formula is C21H26N6O4S. The number of nitrogens with zero attached hydrogens (tertiary/aromatic N) is 6. The number of rotatable bonds is 7. The number of tetrazole rings is 1. The Morgan fingerprint density at radius 1 is 1.09 bits per heavy atom. The lowest BCUT2D eigenvalue weighted by Gasteiger charge is -2.35. The Morgan fingerprint density at radius 2 is 1.81 bits per heavy atom. The van der Waals surface area contributed by atoms with Crippen molar-refractivity contribution in [3.05, 3.63) is 51.3 Å². The predicted octanol–water partition coefficient (Wildman–Crippen LogP) is 1.16. The number of thiophene rings is 1. The number of benzene rings is 1. The van der Waals surface area contributed by atoms with Crippen LogP contribution in [0.3, 0.4) is 0 Å². The molecule has 32 heavy (non-hydrogen) atoms. The number of amides is 1. The van der Waals surface area contributed by atoms with Crippen LogP contribution in [-0.2, 0) is 17.9 Å². The van der Waals surface area contributed by atoms with Crippen molar-refractivity contribution in [1.82, 2.24) is 29.6 Å². The summed E-state index contributed by atoms with van der Waals surface area (Å²) in [5.74, 6) is 1.30. The van der Waals surface area contributed by atoms with E-state index in [2.05, 4.69) is 22.3 Å². The highest BCUT2D eigenvalue weighted by Crippen LogP contribution is 2.31. The van der Waals surface area contributed by atoms with E-state index in [0.29, 0.717) is 23.8 Å². The summed E-state index contributed by atoms with van der Waals surface area (Å²) < 4.78 is 13.1. The van der Waals surface area contributed by atoms with E-state index in [1.807, 2.05) is 23.6 Å². The van der Waals surface area contributed by atoms with Gasteiger partial charge in [-0.15, -0.1) is 11.3 Å². The van der Waals surface area contributed by atoms with Gasteiger partial charge >= 0.3 is 5.69 Å². The summed E-state index contributed by atoms with van der Waals surface area (Å²) in [5.41, 5.74) is 1.89. The molecule has 0 atom stereocenters. The fourth-order valence-corrected chi connectivity index (χ4v) is 4.39. The second-order valence-electron chi connectivity index (χ2n) is 7.57. The molecule has 0 saturated carbocycles. The molecule has 3 aromatic rings. The second kappa shape index (κ2) is 9.53. The number of hydrogen-bond acceptors (Lipinski definition) is 8. The number of aromatic nitrogens is 4. The van der Waals surface area contributed by atoms with E-state index in [9.17, 15) is 9.59 Å². The van der Waals surface area contributed by atoms with Gasteiger partial charge in [-0.05, 0) is 58.1 Å². The van der Waals surface area contributed by atoms with Gasteiger partial charge in [-0.2, -0.15) is 9.36 Å². The Labute approximate surface area is 189 Å². The predicted molar refractivity (Wildman–Crippen MR) is 120 cm³/mol. The average Bonchev–Trinajstić information content (AvgIpc) is 3.45. The quantitative estimate of drug-likeness (QED) is 0.524. The normalized spacial score (nSPS) is 14.5. The number of carbonyl (C=O) groups is 1. The molecule has 1 aliphatic heterocycles. The van der Waals surface area contributed by atoms with E-state index >= 15 is 0 Å². The van der Waals surface area contributed by atoms with Gasteiger partial charge in [-0.3, -0.25) is 9.69 Å². The van der Waals surface area contributed by atoms with Crippen LogP contribution in [0.4, 0.5) is 0 Å². The van der Waals surface area contributed by atoms with Crippen molar-refractivity contribution in [2.24, 2.45) is 0 Å². The molecule has 1 aromatic carbocycles. The number of carbonyl (C=O) groups excluding carboxylic acids is 1. The Kier molecular flexibility index (Phi) is 6.56. The van der Waals surface area contributed by atoms with Gasteiger partial charge in [0.05, 0.1) is 14.2 Å². The molecule has 0 N–H and O–H groups in total. The molecule has 1 saturated heterocycles. The first-order valence-corrected chi connectivity index (χ1v) is 11.2. The Balaban J connectivity index is 1.34. The van der Waals surface area contributed by atoms with E-state index in [0.717, 1.165) is 35.6 Å². The van der Waals surface area contributed by atoms with Crippen molar-refractivity contribution in [3.63, 3.8) is 0 Å². The van der Waals surface area contributed by atoms with Gasteiger partial charge in [0.15, 0.2) is 11.5 Å². The third kappa shape index (κ3) is 4.53. The van der Waals surface area contributed by atoms with Crippen LogP contribution < -0.4 is 15.2 Å². The number of aryl methyl sites for hydroxylation is 1. The maximum atomic E-state index is 12.7. The summed E-state index contributed by atoms with van der Waals surface area (Å²) in [7, 11) is 3.26. The SMILES string of the molecule is COc1cc(C)c(CN2CCN(C(=O)Cn3nnn(-c4cccs4)c3=O)CC2)cc1OC. The lowest BCUT2D eigenvalue weighted by Crippen LogP contribution is -2.49. The summed E-state index contributed by atoms with van der Waals surface area (Å²) >= 11 is 1.39. The average molecular weight is 459 g/mol. The first-order valence-electron chi connectivity index (χ1n) is 10.3. The zero-order valence-corrected chi connectivity index (χ0v) is 19.2. The lowest BCUT2D eigenvalue weighted by atomic mass is 10.1. The van der Waals surface area contributed by atoms with Crippen LogP contribution in [0.15, 0.2) is 34.4 Å².